The third kappa shape index (κ3) is 5.25. The van der Waals surface area contributed by atoms with Crippen LogP contribution in [0.3, 0.4) is 0 Å². The van der Waals surface area contributed by atoms with Crippen molar-refractivity contribution in [1.29, 1.82) is 0 Å². The Morgan fingerprint density at radius 3 is 2.41 bits per heavy atom. The number of rotatable bonds is 6. The van der Waals surface area contributed by atoms with Crippen LogP contribution in [0.2, 0.25) is 10.0 Å². The van der Waals surface area contributed by atoms with Gasteiger partial charge >= 0.3 is 0 Å². The van der Waals surface area contributed by atoms with Gasteiger partial charge in [-0.2, -0.15) is 0 Å². The lowest BCUT2D eigenvalue weighted by atomic mass is 10.2. The summed E-state index contributed by atoms with van der Waals surface area (Å²) in [4.78, 5) is 13.5. The number of amides is 1. The predicted molar refractivity (Wildman–Crippen MR) is 120 cm³/mol. The number of nitrogens with one attached hydrogen (secondary N) is 2. The first kappa shape index (κ1) is 21.5. The monoisotopic (exact) mass is 466 g/mol. The van der Waals surface area contributed by atoms with Gasteiger partial charge in [0.15, 0.2) is 0 Å². The van der Waals surface area contributed by atoms with Crippen molar-refractivity contribution >= 4 is 62.3 Å². The van der Waals surface area contributed by atoms with Crippen molar-refractivity contribution in [3.8, 4) is 0 Å². The molecule has 0 bridgehead atoms. The fourth-order valence-corrected chi connectivity index (χ4v) is 4.50. The van der Waals surface area contributed by atoms with Crippen LogP contribution >= 0.6 is 35.0 Å². The van der Waals surface area contributed by atoms with Crippen molar-refractivity contribution in [2.24, 2.45) is 0 Å². The molecule has 0 saturated carbocycles. The number of hydrogen-bond acceptors (Lipinski definition) is 4. The Bertz CT molecular complexity index is 1170. The fraction of sp³-hybridized carbons (Fsp3) is 0.0500. The highest BCUT2D eigenvalue weighted by Gasteiger charge is 2.17. The van der Waals surface area contributed by atoms with Gasteiger partial charge in [0.2, 0.25) is 0 Å². The summed E-state index contributed by atoms with van der Waals surface area (Å²) in [5.74, 6) is -0.431. The molecule has 9 heteroatoms. The Morgan fingerprint density at radius 2 is 1.69 bits per heavy atom. The molecule has 0 saturated heterocycles. The van der Waals surface area contributed by atoms with Crippen molar-refractivity contribution in [2.75, 3.05) is 16.3 Å². The van der Waals surface area contributed by atoms with E-state index in [9.17, 15) is 13.2 Å². The molecule has 0 spiro atoms. The molecule has 150 valence electrons. The highest BCUT2D eigenvalue weighted by Crippen LogP contribution is 2.26. The molecule has 5 nitrogen and oxygen atoms in total. The molecule has 0 aliphatic heterocycles. The van der Waals surface area contributed by atoms with E-state index in [0.29, 0.717) is 16.3 Å². The minimum absolute atomic E-state index is 0.0146. The molecular formula is C20H16Cl2N2O3S2. The maximum atomic E-state index is 12.7. The first-order valence-electron chi connectivity index (χ1n) is 8.32. The molecule has 0 fully saturated rings. The molecule has 2 N–H and O–H groups in total. The summed E-state index contributed by atoms with van der Waals surface area (Å²) in [5, 5.41) is 3.28. The zero-order valence-corrected chi connectivity index (χ0v) is 18.3. The van der Waals surface area contributed by atoms with Crippen molar-refractivity contribution in [3.05, 3.63) is 82.3 Å². The normalized spacial score (nSPS) is 11.1. The lowest BCUT2D eigenvalue weighted by Crippen LogP contribution is -2.15. The Balaban J connectivity index is 1.84. The molecule has 0 aromatic heterocycles. The second-order valence-electron chi connectivity index (χ2n) is 5.91. The number of anilines is 2. The number of sulfonamides is 1. The molecule has 0 radical (unpaired) electrons. The van der Waals surface area contributed by atoms with Crippen LogP contribution in [0.15, 0.2) is 76.5 Å². The smallest absolute Gasteiger partial charge is 0.262 e. The van der Waals surface area contributed by atoms with E-state index in [1.54, 1.807) is 42.5 Å². The van der Waals surface area contributed by atoms with Gasteiger partial charge in [-0.25, -0.2) is 8.42 Å². The summed E-state index contributed by atoms with van der Waals surface area (Å²) in [6, 6.07) is 17.6. The number of para-hydroxylation sites is 1. The van der Waals surface area contributed by atoms with E-state index in [0.717, 1.165) is 4.90 Å². The van der Waals surface area contributed by atoms with Crippen LogP contribution in [0.25, 0.3) is 0 Å². The maximum Gasteiger partial charge on any atom is 0.262 e. The van der Waals surface area contributed by atoms with E-state index in [-0.39, 0.29) is 15.6 Å². The number of benzene rings is 3. The van der Waals surface area contributed by atoms with Gasteiger partial charge < -0.3 is 5.32 Å². The average Bonchev–Trinajstić information content (AvgIpc) is 2.70. The van der Waals surface area contributed by atoms with Crippen molar-refractivity contribution in [1.82, 2.24) is 0 Å². The second-order valence-corrected chi connectivity index (χ2v) is 9.29. The molecule has 29 heavy (non-hydrogen) atoms. The number of halogens is 2. The molecule has 1 amide bonds. The van der Waals surface area contributed by atoms with Gasteiger partial charge in [0.25, 0.3) is 15.9 Å². The van der Waals surface area contributed by atoms with Crippen LogP contribution in [-0.4, -0.2) is 20.6 Å². The van der Waals surface area contributed by atoms with E-state index in [1.165, 1.54) is 30.0 Å². The summed E-state index contributed by atoms with van der Waals surface area (Å²) in [6.45, 7) is 0. The van der Waals surface area contributed by atoms with Crippen LogP contribution in [0.5, 0.6) is 0 Å². The van der Waals surface area contributed by atoms with E-state index in [1.807, 2.05) is 12.3 Å². The number of hydrogen-bond donors (Lipinski definition) is 2. The zero-order chi connectivity index (χ0) is 21.0. The van der Waals surface area contributed by atoms with Gasteiger partial charge in [-0.3, -0.25) is 9.52 Å². The molecular weight excluding hydrogens is 451 g/mol. The highest BCUT2D eigenvalue weighted by molar-refractivity contribution is 7.98. The highest BCUT2D eigenvalue weighted by atomic mass is 35.5. The van der Waals surface area contributed by atoms with Crippen LogP contribution in [0, 0.1) is 0 Å². The van der Waals surface area contributed by atoms with Gasteiger partial charge in [-0.15, -0.1) is 11.8 Å². The molecule has 3 aromatic rings. The quantitative estimate of drug-likeness (QED) is 0.452. The molecule has 0 aliphatic rings. The minimum atomic E-state index is -3.89. The number of carbonyl (C=O) groups is 1. The predicted octanol–water partition coefficient (Wildman–Crippen LogP) is 5.77. The zero-order valence-electron chi connectivity index (χ0n) is 15.1. The van der Waals surface area contributed by atoms with Gasteiger partial charge in [-0.1, -0.05) is 41.4 Å². The number of carbonyl (C=O) groups excluding carboxylic acids is 1. The maximum absolute atomic E-state index is 12.7. The van der Waals surface area contributed by atoms with Crippen molar-refractivity contribution < 1.29 is 13.2 Å². The molecule has 3 aromatic carbocycles. The summed E-state index contributed by atoms with van der Waals surface area (Å²) in [6.07, 6.45) is 1.89. The standard InChI is InChI=1S/C20H16Cl2N2O3S2/c1-28-14-9-10-17(21)16(12-14)20(25)23-13-5-4-6-15(11-13)29(26,27)24-19-8-3-2-7-18(19)22/h2-12,24H,1H3,(H,23,25). The van der Waals surface area contributed by atoms with Crippen LogP contribution in [0.4, 0.5) is 11.4 Å². The van der Waals surface area contributed by atoms with Crippen molar-refractivity contribution in [2.45, 2.75) is 9.79 Å². The lowest BCUT2D eigenvalue weighted by molar-refractivity contribution is 0.102. The fourth-order valence-electron chi connectivity index (χ4n) is 2.49. The van der Waals surface area contributed by atoms with Crippen LogP contribution < -0.4 is 10.0 Å². The van der Waals surface area contributed by atoms with Gasteiger partial charge in [0.05, 0.1) is 26.2 Å². The second kappa shape index (κ2) is 9.09. The Morgan fingerprint density at radius 1 is 0.931 bits per heavy atom. The first-order valence-corrected chi connectivity index (χ1v) is 11.8. The third-order valence-corrected chi connectivity index (χ3v) is 6.69. The van der Waals surface area contributed by atoms with E-state index >= 15 is 0 Å². The Labute approximate surface area is 183 Å². The molecule has 0 unspecified atom stereocenters. The van der Waals surface area contributed by atoms with Crippen LogP contribution in [0.1, 0.15) is 10.4 Å². The van der Waals surface area contributed by atoms with Crippen molar-refractivity contribution in [3.63, 3.8) is 0 Å². The first-order chi connectivity index (χ1) is 13.8. The summed E-state index contributed by atoms with van der Waals surface area (Å²) >= 11 is 13.6. The van der Waals surface area contributed by atoms with E-state index in [2.05, 4.69) is 10.0 Å². The van der Waals surface area contributed by atoms with E-state index in [4.69, 9.17) is 23.2 Å². The third-order valence-electron chi connectivity index (χ3n) is 3.94. The molecule has 0 heterocycles. The number of thioether (sulfide) groups is 1. The van der Waals surface area contributed by atoms with Gasteiger partial charge in [0, 0.05) is 10.6 Å². The topological polar surface area (TPSA) is 75.3 Å². The molecule has 0 aliphatic carbocycles. The Hall–Kier alpha value is -2.19. The Kier molecular flexibility index (Phi) is 6.74. The summed E-state index contributed by atoms with van der Waals surface area (Å²) in [7, 11) is -3.89. The molecule has 0 atom stereocenters. The largest absolute Gasteiger partial charge is 0.322 e. The van der Waals surface area contributed by atoms with Gasteiger partial charge in [0.1, 0.15) is 0 Å². The molecule has 3 rings (SSSR count). The van der Waals surface area contributed by atoms with Gasteiger partial charge in [-0.05, 0) is 54.8 Å². The van der Waals surface area contributed by atoms with E-state index < -0.39 is 15.9 Å². The van der Waals surface area contributed by atoms with Crippen LogP contribution in [-0.2, 0) is 10.0 Å². The SMILES string of the molecule is CSc1ccc(Cl)c(C(=O)Nc2cccc(S(=O)(=O)Nc3ccccc3Cl)c2)c1. The average molecular weight is 467 g/mol. The summed E-state index contributed by atoms with van der Waals surface area (Å²) < 4.78 is 27.8. The lowest BCUT2D eigenvalue weighted by Gasteiger charge is -2.12. The summed E-state index contributed by atoms with van der Waals surface area (Å²) in [5.41, 5.74) is 0.896. The minimum Gasteiger partial charge on any atom is -0.322 e.